The number of hydrogen-bond donors (Lipinski definition) is 1. The van der Waals surface area contributed by atoms with Crippen molar-refractivity contribution < 1.29 is 15.0 Å². The van der Waals surface area contributed by atoms with E-state index < -0.39 is 9.85 Å². The number of non-ortho nitro benzene ring substituents is 2. The topological polar surface area (TPSA) is 107 Å². The summed E-state index contributed by atoms with van der Waals surface area (Å²) in [5.41, 5.74) is 0.426. The zero-order valence-corrected chi connectivity index (χ0v) is 10.7. The van der Waals surface area contributed by atoms with Crippen molar-refractivity contribution in [2.75, 3.05) is 0 Å². The quantitative estimate of drug-likeness (QED) is 0.526. The first-order valence-electron chi connectivity index (χ1n) is 5.87. The fraction of sp³-hybridized carbons (Fsp3) is 0. The van der Waals surface area contributed by atoms with Crippen LogP contribution in [-0.4, -0.2) is 15.0 Å². The molecule has 0 spiro atoms. The molecule has 0 amide bonds. The maximum atomic E-state index is 10.8. The number of nitro benzene ring substituents is 2. The van der Waals surface area contributed by atoms with Crippen LogP contribution >= 0.6 is 0 Å². The van der Waals surface area contributed by atoms with Gasteiger partial charge in [0.1, 0.15) is 5.75 Å². The zero-order valence-electron chi connectivity index (χ0n) is 10.7. The molecule has 0 radical (unpaired) electrons. The Labute approximate surface area is 119 Å². The van der Waals surface area contributed by atoms with Crippen molar-refractivity contribution in [2.24, 2.45) is 0 Å². The van der Waals surface area contributed by atoms with Crippen molar-refractivity contribution in [1.82, 2.24) is 0 Å². The molecular formula is C14H10N2O5. The predicted molar refractivity (Wildman–Crippen MR) is 76.8 cm³/mol. The van der Waals surface area contributed by atoms with Crippen LogP contribution < -0.4 is 0 Å². The molecule has 0 aliphatic heterocycles. The Bertz CT molecular complexity index is 690. The van der Waals surface area contributed by atoms with Crippen LogP contribution in [0.3, 0.4) is 0 Å². The van der Waals surface area contributed by atoms with E-state index in [0.717, 1.165) is 11.6 Å². The third-order valence-corrected chi connectivity index (χ3v) is 2.71. The number of nitrogens with zero attached hydrogens (tertiary/aromatic N) is 2. The van der Waals surface area contributed by atoms with Crippen LogP contribution in [0.2, 0.25) is 0 Å². The number of nitro groups is 2. The highest BCUT2D eigenvalue weighted by molar-refractivity contribution is 5.72. The summed E-state index contributed by atoms with van der Waals surface area (Å²) in [5.74, 6) is 0.123. The largest absolute Gasteiger partial charge is 0.508 e. The molecule has 0 aromatic heterocycles. The van der Waals surface area contributed by atoms with Crippen molar-refractivity contribution in [1.29, 1.82) is 0 Å². The Balaban J connectivity index is 2.36. The lowest BCUT2D eigenvalue weighted by molar-refractivity contribution is -0.394. The molecule has 2 aromatic rings. The summed E-state index contributed by atoms with van der Waals surface area (Å²) in [6.45, 7) is 0. The minimum absolute atomic E-state index is 0.123. The first kappa shape index (κ1) is 14.2. The van der Waals surface area contributed by atoms with Crippen LogP contribution in [0.5, 0.6) is 5.75 Å². The molecule has 106 valence electrons. The summed E-state index contributed by atoms with van der Waals surface area (Å²) in [6.07, 6.45) is 3.18. The molecule has 1 N–H and O–H groups in total. The fourth-order valence-electron chi connectivity index (χ4n) is 1.70. The summed E-state index contributed by atoms with van der Waals surface area (Å²) < 4.78 is 0. The van der Waals surface area contributed by atoms with Gasteiger partial charge in [-0.1, -0.05) is 24.3 Å². The second-order valence-electron chi connectivity index (χ2n) is 4.22. The van der Waals surface area contributed by atoms with Gasteiger partial charge in [0, 0.05) is 12.1 Å². The number of aromatic hydroxyl groups is 1. The van der Waals surface area contributed by atoms with Gasteiger partial charge in [-0.3, -0.25) is 20.2 Å². The average Bonchev–Trinajstić information content (AvgIpc) is 2.46. The number of benzene rings is 2. The zero-order chi connectivity index (χ0) is 15.4. The molecule has 0 fully saturated rings. The third-order valence-electron chi connectivity index (χ3n) is 2.71. The lowest BCUT2D eigenvalue weighted by atomic mass is 10.1. The van der Waals surface area contributed by atoms with E-state index in [-0.39, 0.29) is 17.1 Å². The van der Waals surface area contributed by atoms with Crippen molar-refractivity contribution in [2.45, 2.75) is 0 Å². The van der Waals surface area contributed by atoms with Gasteiger partial charge in [-0.15, -0.1) is 0 Å². The Morgan fingerprint density at radius 2 is 1.29 bits per heavy atom. The summed E-state index contributed by atoms with van der Waals surface area (Å²) in [4.78, 5) is 20.2. The van der Waals surface area contributed by atoms with E-state index in [2.05, 4.69) is 0 Å². The molecule has 0 unspecified atom stereocenters. The molecule has 0 aliphatic carbocycles. The Hall–Kier alpha value is -3.22. The molecule has 7 nitrogen and oxygen atoms in total. The number of phenols is 1. The molecule has 0 atom stereocenters. The second-order valence-corrected chi connectivity index (χ2v) is 4.22. The van der Waals surface area contributed by atoms with Crippen LogP contribution in [0, 0.1) is 20.2 Å². The van der Waals surface area contributed by atoms with Gasteiger partial charge in [-0.2, -0.15) is 0 Å². The molecule has 0 heterocycles. The fourth-order valence-corrected chi connectivity index (χ4v) is 1.70. The van der Waals surface area contributed by atoms with Gasteiger partial charge in [0.25, 0.3) is 11.4 Å². The molecule has 21 heavy (non-hydrogen) atoms. The summed E-state index contributed by atoms with van der Waals surface area (Å²) in [7, 11) is 0. The normalized spacial score (nSPS) is 10.7. The smallest absolute Gasteiger partial charge is 0.276 e. The molecule has 0 aliphatic rings. The monoisotopic (exact) mass is 286 g/mol. The van der Waals surface area contributed by atoms with Crippen molar-refractivity contribution >= 4 is 23.5 Å². The van der Waals surface area contributed by atoms with Gasteiger partial charge in [-0.25, -0.2) is 0 Å². The second kappa shape index (κ2) is 5.83. The summed E-state index contributed by atoms with van der Waals surface area (Å²) in [6, 6.07) is 9.71. The van der Waals surface area contributed by atoms with Gasteiger partial charge in [-0.05, 0) is 23.3 Å². The van der Waals surface area contributed by atoms with Crippen LogP contribution in [0.4, 0.5) is 11.4 Å². The average molecular weight is 286 g/mol. The summed E-state index contributed by atoms with van der Waals surface area (Å²) >= 11 is 0. The highest BCUT2D eigenvalue weighted by atomic mass is 16.6. The first-order chi connectivity index (χ1) is 9.95. The number of phenolic OH excluding ortho intramolecular Hbond substituents is 1. The van der Waals surface area contributed by atoms with Crippen LogP contribution in [0.15, 0.2) is 42.5 Å². The van der Waals surface area contributed by atoms with E-state index in [9.17, 15) is 20.2 Å². The van der Waals surface area contributed by atoms with Gasteiger partial charge in [0.15, 0.2) is 0 Å². The van der Waals surface area contributed by atoms with Gasteiger partial charge >= 0.3 is 0 Å². The SMILES string of the molecule is O=[N+]([O-])c1cc(C=Cc2ccc(O)cc2)cc([N+](=O)[O-])c1. The number of hydrogen-bond acceptors (Lipinski definition) is 5. The van der Waals surface area contributed by atoms with E-state index >= 15 is 0 Å². The minimum Gasteiger partial charge on any atom is -0.508 e. The van der Waals surface area contributed by atoms with E-state index in [0.29, 0.717) is 5.56 Å². The maximum Gasteiger partial charge on any atom is 0.276 e. The van der Waals surface area contributed by atoms with Crippen molar-refractivity contribution in [3.8, 4) is 5.75 Å². The van der Waals surface area contributed by atoms with Crippen molar-refractivity contribution in [3.05, 3.63) is 73.8 Å². The minimum atomic E-state index is -0.676. The number of rotatable bonds is 4. The Morgan fingerprint density at radius 1 is 0.810 bits per heavy atom. The van der Waals surface area contributed by atoms with Crippen molar-refractivity contribution in [3.63, 3.8) is 0 Å². The highest BCUT2D eigenvalue weighted by Gasteiger charge is 2.15. The summed E-state index contributed by atoms with van der Waals surface area (Å²) in [5, 5.41) is 30.7. The Morgan fingerprint density at radius 3 is 1.76 bits per heavy atom. The molecular weight excluding hydrogens is 276 g/mol. The van der Waals surface area contributed by atoms with Crippen LogP contribution in [0.25, 0.3) is 12.2 Å². The van der Waals surface area contributed by atoms with E-state index in [1.54, 1.807) is 18.2 Å². The van der Waals surface area contributed by atoms with Gasteiger partial charge < -0.3 is 5.11 Å². The van der Waals surface area contributed by atoms with Crippen LogP contribution in [0.1, 0.15) is 11.1 Å². The van der Waals surface area contributed by atoms with Gasteiger partial charge in [0.05, 0.1) is 15.9 Å². The molecule has 0 saturated heterocycles. The molecule has 7 heteroatoms. The molecule has 0 saturated carbocycles. The lowest BCUT2D eigenvalue weighted by Crippen LogP contribution is -1.93. The maximum absolute atomic E-state index is 10.8. The van der Waals surface area contributed by atoms with Gasteiger partial charge in [0.2, 0.25) is 0 Å². The van der Waals surface area contributed by atoms with Crippen LogP contribution in [-0.2, 0) is 0 Å². The Kier molecular flexibility index (Phi) is 3.94. The molecule has 2 aromatic carbocycles. The first-order valence-corrected chi connectivity index (χ1v) is 5.87. The lowest BCUT2D eigenvalue weighted by Gasteiger charge is -1.98. The standard InChI is InChI=1S/C14H10N2O5/c17-14-5-3-10(4-6-14)1-2-11-7-12(15(18)19)9-13(8-11)16(20)21/h1-9,17H. The van der Waals surface area contributed by atoms with E-state index in [1.165, 1.54) is 30.3 Å². The molecule has 0 bridgehead atoms. The van der Waals surface area contributed by atoms with E-state index in [4.69, 9.17) is 5.11 Å². The third kappa shape index (κ3) is 3.63. The van der Waals surface area contributed by atoms with E-state index in [1.807, 2.05) is 0 Å². The predicted octanol–water partition coefficient (Wildman–Crippen LogP) is 3.38. The highest BCUT2D eigenvalue weighted by Crippen LogP contribution is 2.24. The molecule has 2 rings (SSSR count).